The summed E-state index contributed by atoms with van der Waals surface area (Å²) < 4.78 is 7.46. The van der Waals surface area contributed by atoms with Crippen molar-refractivity contribution in [1.29, 1.82) is 5.26 Å². The van der Waals surface area contributed by atoms with Crippen LogP contribution in [-0.4, -0.2) is 14.8 Å². The highest BCUT2D eigenvalue weighted by Gasteiger charge is 2.36. The van der Waals surface area contributed by atoms with Crippen LogP contribution in [0.3, 0.4) is 0 Å². The molecular weight excluding hydrogens is 350 g/mol. The molecule has 2 aromatic heterocycles. The summed E-state index contributed by atoms with van der Waals surface area (Å²) in [6.07, 6.45) is 3.41. The molecule has 1 aliphatic heterocycles. The number of aryl methyl sites for hydroxylation is 1. The zero-order chi connectivity index (χ0) is 18.3. The molecule has 1 aromatic carbocycles. The fourth-order valence-electron chi connectivity index (χ4n) is 3.18. The van der Waals surface area contributed by atoms with Crippen LogP contribution >= 0.6 is 11.6 Å². The van der Waals surface area contributed by atoms with Crippen LogP contribution in [0, 0.1) is 18.3 Å². The van der Waals surface area contributed by atoms with Crippen LogP contribution in [-0.2, 0) is 0 Å². The van der Waals surface area contributed by atoms with Gasteiger partial charge in [-0.2, -0.15) is 10.4 Å². The Hall–Kier alpha value is -3.30. The van der Waals surface area contributed by atoms with Crippen LogP contribution in [0.25, 0.3) is 5.69 Å². The Labute approximate surface area is 155 Å². The van der Waals surface area contributed by atoms with E-state index in [-0.39, 0.29) is 11.8 Å². The van der Waals surface area contributed by atoms with Gasteiger partial charge in [0.25, 0.3) is 0 Å². The Balaban J connectivity index is 1.96. The smallest absolute Gasteiger partial charge is 0.229 e. The number of ether oxygens (including phenoxy) is 1. The minimum Gasteiger partial charge on any atom is -0.422 e. The molecule has 6 nitrogen and oxygen atoms in total. The number of nitrogens with two attached hydrogens (primary N) is 1. The lowest BCUT2D eigenvalue weighted by Gasteiger charge is -2.24. The lowest BCUT2D eigenvalue weighted by Crippen LogP contribution is -2.22. The maximum atomic E-state index is 9.64. The van der Waals surface area contributed by atoms with E-state index in [2.05, 4.69) is 16.2 Å². The molecule has 0 aliphatic carbocycles. The van der Waals surface area contributed by atoms with Crippen molar-refractivity contribution in [3.63, 3.8) is 0 Å². The summed E-state index contributed by atoms with van der Waals surface area (Å²) in [6, 6.07) is 13.2. The topological polar surface area (TPSA) is 89.8 Å². The first-order valence-corrected chi connectivity index (χ1v) is 8.31. The van der Waals surface area contributed by atoms with E-state index in [1.807, 2.05) is 31.2 Å². The minimum absolute atomic E-state index is 0.0667. The lowest BCUT2D eigenvalue weighted by atomic mass is 9.85. The summed E-state index contributed by atoms with van der Waals surface area (Å²) in [5.41, 5.74) is 9.55. The van der Waals surface area contributed by atoms with Gasteiger partial charge in [-0.1, -0.05) is 23.7 Å². The summed E-state index contributed by atoms with van der Waals surface area (Å²) in [5.74, 6) is 0.164. The Kier molecular flexibility index (Phi) is 3.86. The van der Waals surface area contributed by atoms with Crippen LogP contribution in [0.2, 0.25) is 5.02 Å². The van der Waals surface area contributed by atoms with Gasteiger partial charge in [-0.15, -0.1) is 0 Å². The van der Waals surface area contributed by atoms with Gasteiger partial charge in [0.1, 0.15) is 11.6 Å². The number of nitriles is 1. The van der Waals surface area contributed by atoms with Gasteiger partial charge in [0, 0.05) is 17.4 Å². The molecule has 0 bridgehead atoms. The average molecular weight is 364 g/mol. The molecular formula is C19H14ClN5O. The fraction of sp³-hybridized carbons (Fsp3) is 0.105. The second kappa shape index (κ2) is 6.21. The van der Waals surface area contributed by atoms with E-state index in [9.17, 15) is 5.26 Å². The van der Waals surface area contributed by atoms with Crippen LogP contribution < -0.4 is 10.5 Å². The van der Waals surface area contributed by atoms with Crippen molar-refractivity contribution >= 4 is 11.6 Å². The van der Waals surface area contributed by atoms with Crippen molar-refractivity contribution in [2.75, 3.05) is 0 Å². The highest BCUT2D eigenvalue weighted by atomic mass is 35.5. The van der Waals surface area contributed by atoms with E-state index in [1.165, 1.54) is 0 Å². The lowest BCUT2D eigenvalue weighted by molar-refractivity contribution is 0.367. The van der Waals surface area contributed by atoms with Crippen molar-refractivity contribution < 1.29 is 4.74 Å². The first-order chi connectivity index (χ1) is 12.6. The number of halogens is 1. The van der Waals surface area contributed by atoms with E-state index in [1.54, 1.807) is 29.2 Å². The molecule has 0 saturated heterocycles. The quantitative estimate of drug-likeness (QED) is 0.753. The van der Waals surface area contributed by atoms with Gasteiger partial charge in [-0.25, -0.2) is 4.68 Å². The van der Waals surface area contributed by atoms with Crippen LogP contribution in [0.1, 0.15) is 22.7 Å². The van der Waals surface area contributed by atoms with E-state index in [4.69, 9.17) is 22.1 Å². The molecule has 4 rings (SSSR count). The summed E-state index contributed by atoms with van der Waals surface area (Å²) >= 11 is 6.12. The van der Waals surface area contributed by atoms with Gasteiger partial charge >= 0.3 is 0 Å². The largest absolute Gasteiger partial charge is 0.422 e. The molecule has 1 atom stereocenters. The van der Waals surface area contributed by atoms with Crippen molar-refractivity contribution in [1.82, 2.24) is 14.8 Å². The first kappa shape index (κ1) is 16.2. The molecule has 3 heterocycles. The number of benzene rings is 1. The maximum absolute atomic E-state index is 9.64. The van der Waals surface area contributed by atoms with Crippen molar-refractivity contribution in [3.8, 4) is 17.6 Å². The van der Waals surface area contributed by atoms with E-state index in [0.29, 0.717) is 16.5 Å². The molecule has 0 fully saturated rings. The van der Waals surface area contributed by atoms with Gasteiger partial charge < -0.3 is 10.5 Å². The molecule has 2 N–H and O–H groups in total. The minimum atomic E-state index is -0.384. The van der Waals surface area contributed by atoms with Gasteiger partial charge in [0.15, 0.2) is 0 Å². The highest BCUT2D eigenvalue weighted by molar-refractivity contribution is 6.30. The molecule has 0 saturated carbocycles. The monoisotopic (exact) mass is 363 g/mol. The number of pyridine rings is 1. The Bertz CT molecular complexity index is 1070. The Morgan fingerprint density at radius 1 is 1.31 bits per heavy atom. The standard InChI is InChI=1S/C19H14ClN5O/c1-11-16-17(12-4-3-7-23-10-12)15(9-21)18(22)26-19(16)25(24-11)14-6-2-5-13(20)8-14/h2-8,10,17H,22H2,1H3/t17-/m0/s1. The molecule has 3 aromatic rings. The summed E-state index contributed by atoms with van der Waals surface area (Å²) in [4.78, 5) is 4.17. The number of fused-ring (bicyclic) bond motifs is 1. The zero-order valence-corrected chi connectivity index (χ0v) is 14.6. The summed E-state index contributed by atoms with van der Waals surface area (Å²) in [7, 11) is 0. The number of hydrogen-bond donors (Lipinski definition) is 1. The molecule has 128 valence electrons. The first-order valence-electron chi connectivity index (χ1n) is 7.93. The number of rotatable bonds is 2. The third-order valence-corrected chi connectivity index (χ3v) is 4.54. The Morgan fingerprint density at radius 3 is 2.85 bits per heavy atom. The van der Waals surface area contributed by atoms with Crippen molar-refractivity contribution in [2.45, 2.75) is 12.8 Å². The molecule has 0 unspecified atom stereocenters. The van der Waals surface area contributed by atoms with Gasteiger partial charge in [-0.05, 0) is 36.8 Å². The van der Waals surface area contributed by atoms with E-state index >= 15 is 0 Å². The summed E-state index contributed by atoms with van der Waals surface area (Å²) in [6.45, 7) is 1.88. The van der Waals surface area contributed by atoms with E-state index in [0.717, 1.165) is 22.5 Å². The van der Waals surface area contributed by atoms with Crippen LogP contribution in [0.5, 0.6) is 5.88 Å². The molecule has 26 heavy (non-hydrogen) atoms. The Morgan fingerprint density at radius 2 is 2.15 bits per heavy atom. The predicted molar refractivity (Wildman–Crippen MR) is 96.8 cm³/mol. The second-order valence-electron chi connectivity index (χ2n) is 5.91. The third-order valence-electron chi connectivity index (χ3n) is 4.30. The number of allylic oxidation sites excluding steroid dienone is 1. The van der Waals surface area contributed by atoms with Crippen molar-refractivity contribution in [3.05, 3.63) is 82.1 Å². The number of nitrogens with zero attached hydrogens (tertiary/aromatic N) is 4. The zero-order valence-electron chi connectivity index (χ0n) is 13.8. The normalized spacial score (nSPS) is 16.0. The average Bonchev–Trinajstić information content (AvgIpc) is 2.97. The number of hydrogen-bond acceptors (Lipinski definition) is 5. The van der Waals surface area contributed by atoms with Crippen LogP contribution in [0.15, 0.2) is 60.2 Å². The van der Waals surface area contributed by atoms with Crippen LogP contribution in [0.4, 0.5) is 0 Å². The molecule has 0 spiro atoms. The fourth-order valence-corrected chi connectivity index (χ4v) is 3.36. The SMILES string of the molecule is Cc1nn(-c2cccc(Cl)c2)c2c1[C@@H](c1cccnc1)C(C#N)=C(N)O2. The van der Waals surface area contributed by atoms with Gasteiger partial charge in [0.05, 0.1) is 22.9 Å². The molecule has 1 aliphatic rings. The molecule has 0 amide bonds. The second-order valence-corrected chi connectivity index (χ2v) is 6.34. The van der Waals surface area contributed by atoms with E-state index < -0.39 is 0 Å². The highest BCUT2D eigenvalue weighted by Crippen LogP contribution is 2.44. The predicted octanol–water partition coefficient (Wildman–Crippen LogP) is 3.45. The molecule has 7 heteroatoms. The van der Waals surface area contributed by atoms with Crippen molar-refractivity contribution in [2.24, 2.45) is 5.73 Å². The van der Waals surface area contributed by atoms with Gasteiger partial charge in [-0.3, -0.25) is 4.98 Å². The maximum Gasteiger partial charge on any atom is 0.229 e. The molecule has 0 radical (unpaired) electrons. The third kappa shape index (κ3) is 2.50. The number of aromatic nitrogens is 3. The van der Waals surface area contributed by atoms with Gasteiger partial charge in [0.2, 0.25) is 11.8 Å². The summed E-state index contributed by atoms with van der Waals surface area (Å²) in [5, 5.41) is 14.8.